The highest BCUT2D eigenvalue weighted by atomic mass is 16.2. The van der Waals surface area contributed by atoms with Gasteiger partial charge in [0.15, 0.2) is 0 Å². The van der Waals surface area contributed by atoms with Crippen molar-refractivity contribution in [1.82, 2.24) is 15.5 Å². The Kier molecular flexibility index (Phi) is 13.7. The molecule has 1 atom stereocenters. The maximum Gasteiger partial charge on any atom is 0.315 e. The number of hydrogen-bond donors (Lipinski definition) is 2. The summed E-state index contributed by atoms with van der Waals surface area (Å²) in [5.74, 6) is 0.601. The second-order valence-electron chi connectivity index (χ2n) is 9.51. The van der Waals surface area contributed by atoms with Gasteiger partial charge in [-0.15, -0.1) is 0 Å². The lowest BCUT2D eigenvalue weighted by Crippen LogP contribution is -2.52. The first-order chi connectivity index (χ1) is 16.9. The van der Waals surface area contributed by atoms with Crippen LogP contribution in [0.1, 0.15) is 86.9 Å². The van der Waals surface area contributed by atoms with Crippen molar-refractivity contribution >= 4 is 6.03 Å². The van der Waals surface area contributed by atoms with Crippen LogP contribution in [0.3, 0.4) is 0 Å². The Morgan fingerprint density at radius 1 is 0.857 bits per heavy atom. The van der Waals surface area contributed by atoms with Crippen LogP contribution in [0.5, 0.6) is 0 Å². The molecule has 4 nitrogen and oxygen atoms in total. The van der Waals surface area contributed by atoms with Gasteiger partial charge in [0.2, 0.25) is 0 Å². The van der Waals surface area contributed by atoms with E-state index in [1.807, 2.05) is 41.5 Å². The fraction of sp³-hybridized carbons (Fsp3) is 0.581. The maximum atomic E-state index is 12.6. The van der Waals surface area contributed by atoms with Gasteiger partial charge in [0.05, 0.1) is 0 Å². The fourth-order valence-electron chi connectivity index (χ4n) is 5.08. The number of amides is 2. The van der Waals surface area contributed by atoms with E-state index < -0.39 is 0 Å². The van der Waals surface area contributed by atoms with Crippen molar-refractivity contribution in [2.75, 3.05) is 13.6 Å². The smallest absolute Gasteiger partial charge is 0.315 e. The lowest BCUT2D eigenvalue weighted by molar-refractivity contribution is 0.197. The molecule has 4 heteroatoms. The predicted octanol–water partition coefficient (Wildman–Crippen LogP) is 7.50. The molecule has 200 valence electrons. The first-order valence-electron chi connectivity index (χ1n) is 13.8. The molecule has 2 aromatic carbocycles. The van der Waals surface area contributed by atoms with Crippen molar-refractivity contribution in [1.29, 1.82) is 0 Å². The van der Waals surface area contributed by atoms with E-state index in [0.29, 0.717) is 18.5 Å². The Balaban J connectivity index is 0. The van der Waals surface area contributed by atoms with Crippen LogP contribution in [0.2, 0.25) is 0 Å². The first-order valence-corrected chi connectivity index (χ1v) is 13.8. The van der Waals surface area contributed by atoms with Gasteiger partial charge in [0.1, 0.15) is 0 Å². The second kappa shape index (κ2) is 15.6. The van der Waals surface area contributed by atoms with E-state index in [4.69, 9.17) is 0 Å². The van der Waals surface area contributed by atoms with Gasteiger partial charge in [-0.1, -0.05) is 90.1 Å². The average Bonchev–Trinajstić information content (AvgIpc) is 3.27. The van der Waals surface area contributed by atoms with Crippen LogP contribution in [0.4, 0.5) is 4.79 Å². The summed E-state index contributed by atoms with van der Waals surface area (Å²) in [4.78, 5) is 14.9. The summed E-state index contributed by atoms with van der Waals surface area (Å²) in [6, 6.07) is 17.6. The Hall–Kier alpha value is -2.33. The highest BCUT2D eigenvalue weighted by molar-refractivity contribution is 5.74. The molecule has 0 radical (unpaired) electrons. The number of fused-ring (bicyclic) bond motifs is 2. The third-order valence-corrected chi connectivity index (χ3v) is 6.50. The monoisotopic (exact) mass is 485 g/mol. The van der Waals surface area contributed by atoms with Gasteiger partial charge in [-0.2, -0.15) is 0 Å². The molecule has 1 aliphatic carbocycles. The highest BCUT2D eigenvalue weighted by Gasteiger charge is 2.30. The van der Waals surface area contributed by atoms with E-state index in [9.17, 15) is 4.79 Å². The van der Waals surface area contributed by atoms with Crippen molar-refractivity contribution in [3.8, 4) is 0 Å². The summed E-state index contributed by atoms with van der Waals surface area (Å²) < 4.78 is 0. The van der Waals surface area contributed by atoms with Crippen molar-refractivity contribution in [3.05, 3.63) is 70.8 Å². The fourth-order valence-corrected chi connectivity index (χ4v) is 5.08. The molecule has 0 spiro atoms. The third kappa shape index (κ3) is 9.33. The number of hydrogen-bond acceptors (Lipinski definition) is 2. The molecule has 1 heterocycles. The summed E-state index contributed by atoms with van der Waals surface area (Å²) in [6.07, 6.45) is 4.22. The molecule has 0 bridgehead atoms. The summed E-state index contributed by atoms with van der Waals surface area (Å²) >= 11 is 0. The SMILES string of the molecule is CC.CC.CC.CN1Cc2ccccc2CC1CNC(=O)NC(C)(C)CC1Cc2ccccc2C1.[HH].[HH]. The summed E-state index contributed by atoms with van der Waals surface area (Å²) in [7, 11) is 2.14. The molecular formula is C31H55N3O. The number of nitrogens with one attached hydrogen (secondary N) is 2. The van der Waals surface area contributed by atoms with Crippen molar-refractivity contribution < 1.29 is 7.65 Å². The van der Waals surface area contributed by atoms with Crippen molar-refractivity contribution in [2.24, 2.45) is 5.92 Å². The average molecular weight is 486 g/mol. The molecular weight excluding hydrogens is 430 g/mol. The Bertz CT molecular complexity index is 863. The number of carbonyl (C=O) groups excluding carboxylic acids is 1. The number of likely N-dealkylation sites (N-methyl/N-ethyl adjacent to an activating group) is 1. The van der Waals surface area contributed by atoms with Crippen molar-refractivity contribution in [3.63, 3.8) is 0 Å². The van der Waals surface area contributed by atoms with Crippen LogP contribution < -0.4 is 10.6 Å². The van der Waals surface area contributed by atoms with Crippen LogP contribution in [0, 0.1) is 5.92 Å². The minimum Gasteiger partial charge on any atom is -0.337 e. The molecule has 4 rings (SSSR count). The Morgan fingerprint density at radius 3 is 1.83 bits per heavy atom. The molecule has 2 amide bonds. The van der Waals surface area contributed by atoms with E-state index in [2.05, 4.69) is 85.0 Å². The van der Waals surface area contributed by atoms with Gasteiger partial charge in [0.25, 0.3) is 0 Å². The van der Waals surface area contributed by atoms with Gasteiger partial charge >= 0.3 is 6.03 Å². The lowest BCUT2D eigenvalue weighted by Gasteiger charge is -2.35. The number of urea groups is 1. The Labute approximate surface area is 218 Å². The normalized spacial score (nSPS) is 16.7. The molecule has 2 aromatic rings. The summed E-state index contributed by atoms with van der Waals surface area (Å²) in [5, 5.41) is 6.33. The van der Waals surface area contributed by atoms with Crippen LogP contribution in [-0.2, 0) is 25.8 Å². The molecule has 0 saturated heterocycles. The molecule has 1 unspecified atom stereocenters. The van der Waals surface area contributed by atoms with E-state index in [-0.39, 0.29) is 14.4 Å². The second-order valence-corrected chi connectivity index (χ2v) is 9.51. The van der Waals surface area contributed by atoms with Gasteiger partial charge < -0.3 is 10.6 Å². The zero-order valence-electron chi connectivity index (χ0n) is 23.9. The zero-order chi connectivity index (χ0) is 26.4. The minimum atomic E-state index is -0.220. The summed E-state index contributed by atoms with van der Waals surface area (Å²) in [6.45, 7) is 17.9. The quantitative estimate of drug-likeness (QED) is 0.460. The maximum absolute atomic E-state index is 12.6. The summed E-state index contributed by atoms with van der Waals surface area (Å²) in [5.41, 5.74) is 5.52. The lowest BCUT2D eigenvalue weighted by atomic mass is 9.89. The van der Waals surface area contributed by atoms with E-state index >= 15 is 0 Å². The number of carbonyl (C=O) groups is 1. The molecule has 0 saturated carbocycles. The number of benzene rings is 2. The van der Waals surface area contributed by atoms with E-state index in [1.54, 1.807) is 0 Å². The van der Waals surface area contributed by atoms with Gasteiger partial charge in [-0.25, -0.2) is 4.79 Å². The molecule has 0 fully saturated rings. The number of nitrogens with zero attached hydrogens (tertiary/aromatic N) is 1. The Morgan fingerprint density at radius 2 is 1.31 bits per heavy atom. The highest BCUT2D eigenvalue weighted by Crippen LogP contribution is 2.31. The largest absolute Gasteiger partial charge is 0.337 e. The van der Waals surface area contributed by atoms with Crippen LogP contribution >= 0.6 is 0 Å². The minimum absolute atomic E-state index is 0. The predicted molar refractivity (Wildman–Crippen MR) is 156 cm³/mol. The third-order valence-electron chi connectivity index (χ3n) is 6.50. The molecule has 2 N–H and O–H groups in total. The van der Waals surface area contributed by atoms with E-state index in [1.165, 1.54) is 22.3 Å². The zero-order valence-corrected chi connectivity index (χ0v) is 23.9. The van der Waals surface area contributed by atoms with Crippen LogP contribution in [-0.4, -0.2) is 36.1 Å². The van der Waals surface area contributed by atoms with Crippen molar-refractivity contribution in [2.45, 2.75) is 99.2 Å². The first kappa shape index (κ1) is 30.7. The van der Waals surface area contributed by atoms with E-state index in [0.717, 1.165) is 32.2 Å². The topological polar surface area (TPSA) is 44.4 Å². The molecule has 1 aliphatic heterocycles. The van der Waals surface area contributed by atoms with Crippen LogP contribution in [0.25, 0.3) is 0 Å². The van der Waals surface area contributed by atoms with Crippen LogP contribution in [0.15, 0.2) is 48.5 Å². The standard InChI is InChI=1S/C25H33N3O.3C2H6.2H2/c1-25(2,15-18-12-19-8-4-5-9-20(19)13-18)27-24(29)26-16-23-14-21-10-6-7-11-22(21)17-28(23)3;3*1-2;;/h4-11,18,23H,12-17H2,1-3H3,(H2,26,27,29);3*1-2H3;2*1H. The van der Waals surface area contributed by atoms with Gasteiger partial charge in [-0.05, 0) is 74.8 Å². The van der Waals surface area contributed by atoms with Gasteiger partial charge in [0, 0.05) is 27.5 Å². The molecule has 35 heavy (non-hydrogen) atoms. The molecule has 0 aromatic heterocycles. The number of rotatable bonds is 5. The van der Waals surface area contributed by atoms with Gasteiger partial charge in [-0.3, -0.25) is 4.90 Å². The molecule has 2 aliphatic rings.